The van der Waals surface area contributed by atoms with Crippen LogP contribution in [0.1, 0.15) is 48.6 Å². The van der Waals surface area contributed by atoms with Crippen molar-refractivity contribution in [2.75, 3.05) is 20.1 Å². The van der Waals surface area contributed by atoms with Crippen molar-refractivity contribution in [1.29, 1.82) is 0 Å². The van der Waals surface area contributed by atoms with Crippen LogP contribution >= 0.6 is 0 Å². The molecule has 0 spiro atoms. The minimum atomic E-state index is -1.04. The third-order valence-electron chi connectivity index (χ3n) is 4.54. The second-order valence-electron chi connectivity index (χ2n) is 6.96. The maximum Gasteiger partial charge on any atom is 0.339 e. The number of hydrogen-bond acceptors (Lipinski definition) is 4. The first-order chi connectivity index (χ1) is 11.7. The number of aromatic carboxylic acids is 1. The molecule has 0 aliphatic carbocycles. The summed E-state index contributed by atoms with van der Waals surface area (Å²) in [6.45, 7) is 6.66. The highest BCUT2D eigenvalue weighted by Gasteiger charge is 2.31. The van der Waals surface area contributed by atoms with Gasteiger partial charge in [0.15, 0.2) is 0 Å². The normalized spacial score (nSPS) is 17.6. The van der Waals surface area contributed by atoms with Crippen molar-refractivity contribution in [2.24, 2.45) is 11.8 Å². The number of piperidine rings is 1. The number of likely N-dealkylation sites (tertiary alicyclic amines) is 1. The first-order valence-corrected chi connectivity index (χ1v) is 8.57. The number of carboxylic acids is 1. The van der Waals surface area contributed by atoms with E-state index in [4.69, 9.17) is 9.52 Å². The number of aryl methyl sites for hydroxylation is 1. The molecule has 1 fully saturated rings. The van der Waals surface area contributed by atoms with Gasteiger partial charge in [-0.3, -0.25) is 9.59 Å². The number of carbonyl (C=O) groups excluding carboxylic acids is 2. The van der Waals surface area contributed by atoms with Gasteiger partial charge in [-0.15, -0.1) is 0 Å². The van der Waals surface area contributed by atoms with Gasteiger partial charge in [0.25, 0.3) is 0 Å². The van der Waals surface area contributed by atoms with Crippen LogP contribution in [0.4, 0.5) is 0 Å². The van der Waals surface area contributed by atoms with E-state index in [1.807, 2.05) is 13.8 Å². The molecule has 1 N–H and O–H groups in total. The molecule has 0 radical (unpaired) electrons. The van der Waals surface area contributed by atoms with Crippen LogP contribution in [0.2, 0.25) is 0 Å². The molecule has 1 aromatic heterocycles. The van der Waals surface area contributed by atoms with Gasteiger partial charge in [-0.25, -0.2) is 4.79 Å². The van der Waals surface area contributed by atoms with Crippen molar-refractivity contribution in [3.63, 3.8) is 0 Å². The number of furan rings is 1. The summed E-state index contributed by atoms with van der Waals surface area (Å²) in [4.78, 5) is 39.2. The standard InChI is InChI=1S/C18H26N2O5/c1-11(2)16(21)20-7-5-6-13(9-20)17(22)19(4)10-14-8-15(18(23)24)12(3)25-14/h8,11,13H,5-7,9-10H2,1-4H3,(H,23,24)/t13-/m1/s1. The second kappa shape index (κ2) is 7.72. The van der Waals surface area contributed by atoms with Gasteiger partial charge in [-0.2, -0.15) is 0 Å². The predicted molar refractivity (Wildman–Crippen MR) is 91.0 cm³/mol. The Kier molecular flexibility index (Phi) is 5.87. The van der Waals surface area contributed by atoms with Gasteiger partial charge in [0, 0.05) is 26.1 Å². The Morgan fingerprint density at radius 1 is 1.40 bits per heavy atom. The average Bonchev–Trinajstić information content (AvgIpc) is 2.93. The summed E-state index contributed by atoms with van der Waals surface area (Å²) < 4.78 is 5.44. The van der Waals surface area contributed by atoms with Gasteiger partial charge in [0.05, 0.1) is 12.5 Å². The predicted octanol–water partition coefficient (Wildman–Crippen LogP) is 2.14. The zero-order valence-corrected chi connectivity index (χ0v) is 15.2. The molecule has 138 valence electrons. The van der Waals surface area contributed by atoms with Crippen molar-refractivity contribution in [3.8, 4) is 0 Å². The number of amides is 2. The van der Waals surface area contributed by atoms with Gasteiger partial charge in [0.2, 0.25) is 11.8 Å². The minimum Gasteiger partial charge on any atom is -0.478 e. The van der Waals surface area contributed by atoms with Crippen LogP contribution in [-0.2, 0) is 16.1 Å². The lowest BCUT2D eigenvalue weighted by Gasteiger charge is -2.34. The fourth-order valence-corrected chi connectivity index (χ4v) is 3.20. The van der Waals surface area contributed by atoms with Crippen LogP contribution in [0, 0.1) is 18.8 Å². The maximum absolute atomic E-state index is 12.7. The highest BCUT2D eigenvalue weighted by atomic mass is 16.4. The summed E-state index contributed by atoms with van der Waals surface area (Å²) >= 11 is 0. The molecule has 0 bridgehead atoms. The zero-order valence-electron chi connectivity index (χ0n) is 15.2. The molecule has 2 amide bonds. The molecule has 0 unspecified atom stereocenters. The SMILES string of the molecule is Cc1oc(CN(C)C(=O)[C@@H]2CCCN(C(=O)C(C)C)C2)cc1C(=O)O. The molecule has 0 aromatic carbocycles. The van der Waals surface area contributed by atoms with Gasteiger partial charge < -0.3 is 19.3 Å². The quantitative estimate of drug-likeness (QED) is 0.878. The second-order valence-corrected chi connectivity index (χ2v) is 6.96. The molecule has 2 heterocycles. The van der Waals surface area contributed by atoms with Crippen molar-refractivity contribution in [2.45, 2.75) is 40.2 Å². The van der Waals surface area contributed by atoms with Crippen LogP contribution in [0.15, 0.2) is 10.5 Å². The van der Waals surface area contributed by atoms with Crippen molar-refractivity contribution < 1.29 is 23.9 Å². The monoisotopic (exact) mass is 350 g/mol. The Hall–Kier alpha value is -2.31. The van der Waals surface area contributed by atoms with E-state index in [1.165, 1.54) is 11.0 Å². The molecule has 7 nitrogen and oxygen atoms in total. The summed E-state index contributed by atoms with van der Waals surface area (Å²) in [5, 5.41) is 9.07. The van der Waals surface area contributed by atoms with E-state index in [9.17, 15) is 14.4 Å². The summed E-state index contributed by atoms with van der Waals surface area (Å²) in [5.41, 5.74) is 0.113. The highest BCUT2D eigenvalue weighted by molar-refractivity contribution is 5.88. The van der Waals surface area contributed by atoms with Crippen LogP contribution in [0.3, 0.4) is 0 Å². The van der Waals surface area contributed by atoms with E-state index in [1.54, 1.807) is 18.9 Å². The molecular weight excluding hydrogens is 324 g/mol. The molecule has 1 atom stereocenters. The van der Waals surface area contributed by atoms with Crippen molar-refractivity contribution in [3.05, 3.63) is 23.2 Å². The van der Waals surface area contributed by atoms with Crippen molar-refractivity contribution in [1.82, 2.24) is 9.80 Å². The Morgan fingerprint density at radius 2 is 2.08 bits per heavy atom. The summed E-state index contributed by atoms with van der Waals surface area (Å²) in [6.07, 6.45) is 1.56. The Labute approximate surface area is 147 Å². The average molecular weight is 350 g/mol. The number of hydrogen-bond donors (Lipinski definition) is 1. The van der Waals surface area contributed by atoms with E-state index in [0.29, 0.717) is 24.6 Å². The molecule has 1 aromatic rings. The van der Waals surface area contributed by atoms with Crippen LogP contribution in [0.5, 0.6) is 0 Å². The summed E-state index contributed by atoms with van der Waals surface area (Å²) in [7, 11) is 1.67. The zero-order chi connectivity index (χ0) is 18.7. The fraction of sp³-hybridized carbons (Fsp3) is 0.611. The Balaban J connectivity index is 2.00. The molecular formula is C18H26N2O5. The number of rotatable bonds is 5. The van der Waals surface area contributed by atoms with Gasteiger partial charge in [-0.05, 0) is 25.8 Å². The topological polar surface area (TPSA) is 91.1 Å². The largest absolute Gasteiger partial charge is 0.478 e. The number of carboxylic acid groups (broad SMARTS) is 1. The van der Waals surface area contributed by atoms with E-state index in [-0.39, 0.29) is 35.8 Å². The van der Waals surface area contributed by atoms with Crippen LogP contribution in [-0.4, -0.2) is 52.8 Å². The third kappa shape index (κ3) is 4.41. The minimum absolute atomic E-state index is 0.0489. The molecule has 2 rings (SSSR count). The van der Waals surface area contributed by atoms with Gasteiger partial charge in [-0.1, -0.05) is 13.8 Å². The lowest BCUT2D eigenvalue weighted by Crippen LogP contribution is -2.46. The Bertz CT molecular complexity index is 664. The van der Waals surface area contributed by atoms with E-state index >= 15 is 0 Å². The summed E-state index contributed by atoms with van der Waals surface area (Å²) in [6, 6.07) is 1.46. The Morgan fingerprint density at radius 3 is 2.64 bits per heavy atom. The fourth-order valence-electron chi connectivity index (χ4n) is 3.20. The maximum atomic E-state index is 12.7. The molecule has 1 aliphatic heterocycles. The molecule has 25 heavy (non-hydrogen) atoms. The molecule has 0 saturated carbocycles. The molecule has 1 saturated heterocycles. The lowest BCUT2D eigenvalue weighted by molar-refractivity contribution is -0.142. The van der Waals surface area contributed by atoms with E-state index in [0.717, 1.165) is 12.8 Å². The smallest absolute Gasteiger partial charge is 0.339 e. The first-order valence-electron chi connectivity index (χ1n) is 8.57. The first kappa shape index (κ1) is 19.0. The summed E-state index contributed by atoms with van der Waals surface area (Å²) in [5.74, 6) is -0.549. The van der Waals surface area contributed by atoms with Crippen molar-refractivity contribution >= 4 is 17.8 Å². The molecule has 1 aliphatic rings. The van der Waals surface area contributed by atoms with E-state index in [2.05, 4.69) is 0 Å². The van der Waals surface area contributed by atoms with Crippen LogP contribution in [0.25, 0.3) is 0 Å². The highest BCUT2D eigenvalue weighted by Crippen LogP contribution is 2.22. The van der Waals surface area contributed by atoms with Gasteiger partial charge >= 0.3 is 5.97 Å². The van der Waals surface area contributed by atoms with E-state index < -0.39 is 5.97 Å². The molecule has 7 heteroatoms. The van der Waals surface area contributed by atoms with Crippen LogP contribution < -0.4 is 0 Å². The third-order valence-corrected chi connectivity index (χ3v) is 4.54. The van der Waals surface area contributed by atoms with Gasteiger partial charge in [0.1, 0.15) is 17.1 Å². The number of carbonyl (C=O) groups is 3. The lowest BCUT2D eigenvalue weighted by atomic mass is 9.95. The number of nitrogens with zero attached hydrogens (tertiary/aromatic N) is 2.